The molecule has 0 fully saturated rings. The van der Waals surface area contributed by atoms with Gasteiger partial charge in [0.05, 0.1) is 27.7 Å². The van der Waals surface area contributed by atoms with E-state index in [1.165, 1.54) is 0 Å². The van der Waals surface area contributed by atoms with Crippen molar-refractivity contribution < 1.29 is 42.1 Å². The van der Waals surface area contributed by atoms with E-state index in [0.717, 1.165) is 51.4 Å². The van der Waals surface area contributed by atoms with Crippen LogP contribution in [0, 0.1) is 0 Å². The summed E-state index contributed by atoms with van der Waals surface area (Å²) in [5, 5.41) is 0. The maximum Gasteiger partial charge on any atom is 0.472 e. The first kappa shape index (κ1) is 43.5. The Bertz CT molecular complexity index is 1020. The normalized spacial score (nSPS) is 14.8. The third-order valence-corrected chi connectivity index (χ3v) is 7.31. The fraction of sp³-hybridized carbons (Fsp3) is 0.611. The van der Waals surface area contributed by atoms with Crippen molar-refractivity contribution in [1.82, 2.24) is 0 Å². The highest BCUT2D eigenvalue weighted by Crippen LogP contribution is 2.43. The lowest BCUT2D eigenvalue weighted by Crippen LogP contribution is -2.37. The Balaban J connectivity index is 4.65. The predicted octanol–water partition coefficient (Wildman–Crippen LogP) is 8.34. The zero-order valence-electron chi connectivity index (χ0n) is 29.0. The van der Waals surface area contributed by atoms with E-state index in [9.17, 15) is 19.0 Å². The summed E-state index contributed by atoms with van der Waals surface area (Å²) in [5.41, 5.74) is 0. The van der Waals surface area contributed by atoms with Crippen molar-refractivity contribution >= 4 is 19.8 Å². The van der Waals surface area contributed by atoms with Gasteiger partial charge >= 0.3 is 19.8 Å². The number of unbranched alkanes of at least 4 members (excludes halogenated alkanes) is 5. The fourth-order valence-electron chi connectivity index (χ4n) is 3.71. The Hall–Kier alpha value is -2.55. The maximum absolute atomic E-state index is 12.5. The van der Waals surface area contributed by atoms with Gasteiger partial charge < -0.3 is 18.9 Å². The SMILES string of the molecule is CC/C=C/C=C/C=C/C=C/CCCCCC(=O)OC(COC(=O)CCCC/C=C/C/C=C/CC)COP(=O)(O)OCC[N+](C)(C)C. The average molecular weight is 667 g/mol. The van der Waals surface area contributed by atoms with Gasteiger partial charge in [-0.3, -0.25) is 18.6 Å². The molecule has 1 N–H and O–H groups in total. The van der Waals surface area contributed by atoms with Crippen LogP contribution in [-0.2, 0) is 32.7 Å². The van der Waals surface area contributed by atoms with Gasteiger partial charge in [0.15, 0.2) is 6.10 Å². The molecule has 0 aromatic rings. The quantitative estimate of drug-likeness (QED) is 0.0222. The average Bonchev–Trinajstić information content (AvgIpc) is 2.99. The van der Waals surface area contributed by atoms with Crippen LogP contribution in [0.2, 0.25) is 0 Å². The number of nitrogens with zero attached hydrogens (tertiary/aromatic N) is 1. The Morgan fingerprint density at radius 3 is 1.98 bits per heavy atom. The van der Waals surface area contributed by atoms with Crippen molar-refractivity contribution in [2.24, 2.45) is 0 Å². The summed E-state index contributed by atoms with van der Waals surface area (Å²) >= 11 is 0. The van der Waals surface area contributed by atoms with E-state index in [1.807, 2.05) is 57.6 Å². The second-order valence-corrected chi connectivity index (χ2v) is 13.3. The number of hydrogen-bond acceptors (Lipinski definition) is 7. The van der Waals surface area contributed by atoms with Gasteiger partial charge in [0, 0.05) is 12.8 Å². The summed E-state index contributed by atoms with van der Waals surface area (Å²) in [6, 6.07) is 0. The van der Waals surface area contributed by atoms with Crippen LogP contribution in [0.1, 0.15) is 90.9 Å². The van der Waals surface area contributed by atoms with E-state index in [1.54, 1.807) is 0 Å². The molecule has 0 aliphatic rings. The number of hydrogen-bond donors (Lipinski definition) is 1. The fourth-order valence-corrected chi connectivity index (χ4v) is 4.45. The van der Waals surface area contributed by atoms with Crippen LogP contribution in [-0.4, -0.2) is 74.9 Å². The lowest BCUT2D eigenvalue weighted by atomic mass is 10.1. The standard InChI is InChI=1S/C36H60NO8P/c1-6-8-10-12-14-16-17-18-19-21-23-25-27-29-36(39)45-34(33-44-46(40,41)43-31-30-37(3,4)5)32-42-35(38)28-26-24-22-20-15-13-11-9-7-2/h8-12,14-20,34H,6-7,13,21-33H2,1-5H3/p+1/b10-8+,11-9+,14-12+,17-16+,19-18+,20-15+. The van der Waals surface area contributed by atoms with E-state index >= 15 is 0 Å². The smallest absolute Gasteiger partial charge is 0.462 e. The molecule has 46 heavy (non-hydrogen) atoms. The number of phosphoric ester groups is 1. The molecule has 10 heteroatoms. The first-order valence-corrected chi connectivity index (χ1v) is 18.2. The van der Waals surface area contributed by atoms with E-state index in [4.69, 9.17) is 18.5 Å². The Morgan fingerprint density at radius 1 is 0.696 bits per heavy atom. The highest BCUT2D eigenvalue weighted by Gasteiger charge is 2.27. The Kier molecular flexibility index (Phi) is 27.1. The van der Waals surface area contributed by atoms with Crippen LogP contribution in [0.4, 0.5) is 0 Å². The molecule has 2 atom stereocenters. The molecule has 0 amide bonds. The van der Waals surface area contributed by atoms with Crippen LogP contribution in [0.3, 0.4) is 0 Å². The molecule has 0 saturated carbocycles. The summed E-state index contributed by atoms with van der Waals surface area (Å²) in [4.78, 5) is 34.9. The van der Waals surface area contributed by atoms with Gasteiger partial charge in [-0.25, -0.2) is 4.57 Å². The van der Waals surface area contributed by atoms with Crippen molar-refractivity contribution in [3.63, 3.8) is 0 Å². The summed E-state index contributed by atoms with van der Waals surface area (Å²) < 4.78 is 33.9. The van der Waals surface area contributed by atoms with Crippen molar-refractivity contribution in [2.45, 2.75) is 97.0 Å². The monoisotopic (exact) mass is 666 g/mol. The molecule has 2 unspecified atom stereocenters. The van der Waals surface area contributed by atoms with Gasteiger partial charge in [-0.2, -0.15) is 0 Å². The molecule has 0 radical (unpaired) electrons. The predicted molar refractivity (Wildman–Crippen MR) is 187 cm³/mol. The first-order valence-electron chi connectivity index (χ1n) is 16.7. The molecule has 0 saturated heterocycles. The van der Waals surface area contributed by atoms with E-state index in [0.29, 0.717) is 23.9 Å². The summed E-state index contributed by atoms with van der Waals surface area (Å²) in [6.07, 6.45) is 32.7. The van der Waals surface area contributed by atoms with Crippen LogP contribution in [0.5, 0.6) is 0 Å². The third kappa shape index (κ3) is 31.4. The van der Waals surface area contributed by atoms with Gasteiger partial charge in [-0.15, -0.1) is 0 Å². The molecule has 0 aromatic carbocycles. The van der Waals surface area contributed by atoms with Crippen molar-refractivity contribution in [2.75, 3.05) is 47.5 Å². The molecular weight excluding hydrogens is 605 g/mol. The molecule has 0 rings (SSSR count). The molecule has 0 heterocycles. The zero-order valence-corrected chi connectivity index (χ0v) is 29.9. The van der Waals surface area contributed by atoms with E-state index in [2.05, 4.69) is 50.3 Å². The van der Waals surface area contributed by atoms with Gasteiger partial charge in [-0.05, 0) is 57.8 Å². The third-order valence-electron chi connectivity index (χ3n) is 6.33. The summed E-state index contributed by atoms with van der Waals surface area (Å²) in [7, 11) is 1.41. The molecule has 0 spiro atoms. The van der Waals surface area contributed by atoms with Crippen LogP contribution >= 0.6 is 7.82 Å². The number of ether oxygens (including phenoxy) is 2. The largest absolute Gasteiger partial charge is 0.472 e. The topological polar surface area (TPSA) is 108 Å². The number of carbonyl (C=O) groups is 2. The minimum absolute atomic E-state index is 0.0144. The number of carbonyl (C=O) groups excluding carboxylic acids is 2. The number of phosphoric acid groups is 1. The van der Waals surface area contributed by atoms with Crippen molar-refractivity contribution in [3.8, 4) is 0 Å². The summed E-state index contributed by atoms with van der Waals surface area (Å²) in [6.45, 7) is 4.00. The van der Waals surface area contributed by atoms with Gasteiger partial charge in [0.2, 0.25) is 0 Å². The van der Waals surface area contributed by atoms with Crippen molar-refractivity contribution in [3.05, 3.63) is 72.9 Å². The highest BCUT2D eigenvalue weighted by molar-refractivity contribution is 7.47. The van der Waals surface area contributed by atoms with Crippen LogP contribution in [0.25, 0.3) is 0 Å². The molecule has 0 aliphatic heterocycles. The second kappa shape index (κ2) is 28.7. The number of likely N-dealkylation sites (N-methyl/N-ethyl adjacent to an activating group) is 1. The maximum atomic E-state index is 12.5. The highest BCUT2D eigenvalue weighted by atomic mass is 31.2. The minimum atomic E-state index is -4.38. The lowest BCUT2D eigenvalue weighted by molar-refractivity contribution is -0.870. The van der Waals surface area contributed by atoms with E-state index < -0.39 is 32.5 Å². The summed E-state index contributed by atoms with van der Waals surface area (Å²) in [5.74, 6) is -0.902. The molecule has 0 bridgehead atoms. The van der Waals surface area contributed by atoms with Gasteiger partial charge in [0.25, 0.3) is 0 Å². The number of allylic oxidation sites excluding steroid dienone is 12. The lowest BCUT2D eigenvalue weighted by Gasteiger charge is -2.24. The van der Waals surface area contributed by atoms with Gasteiger partial charge in [-0.1, -0.05) is 93.2 Å². The van der Waals surface area contributed by atoms with Gasteiger partial charge in [0.1, 0.15) is 19.8 Å². The van der Waals surface area contributed by atoms with Crippen LogP contribution in [0.15, 0.2) is 72.9 Å². The molecule has 9 nitrogen and oxygen atoms in total. The zero-order chi connectivity index (χ0) is 34.4. The second-order valence-electron chi connectivity index (χ2n) is 11.9. The Labute approximate surface area is 278 Å². The molecule has 0 aliphatic carbocycles. The van der Waals surface area contributed by atoms with Crippen LogP contribution < -0.4 is 0 Å². The minimum Gasteiger partial charge on any atom is -0.462 e. The number of esters is 2. The number of rotatable bonds is 28. The molecular formula is C36H61NO8P+. The van der Waals surface area contributed by atoms with Crippen molar-refractivity contribution in [1.29, 1.82) is 0 Å². The van der Waals surface area contributed by atoms with E-state index in [-0.39, 0.29) is 26.1 Å². The first-order chi connectivity index (χ1) is 22.0. The molecule has 0 aromatic heterocycles. The number of quaternary nitrogens is 1. The molecule has 262 valence electrons. The Morgan fingerprint density at radius 2 is 1.28 bits per heavy atom.